The lowest BCUT2D eigenvalue weighted by molar-refractivity contribution is -0.302. The summed E-state index contributed by atoms with van der Waals surface area (Å²) in [7, 11) is -2.54. The van der Waals surface area contributed by atoms with Crippen molar-refractivity contribution in [1.29, 1.82) is 0 Å². The van der Waals surface area contributed by atoms with E-state index < -0.39 is 28.6 Å². The highest BCUT2D eigenvalue weighted by atomic mass is 35.5. The van der Waals surface area contributed by atoms with Gasteiger partial charge < -0.3 is 32.5 Å². The number of hydrogen-bond donors (Lipinski definition) is 0. The summed E-state index contributed by atoms with van der Waals surface area (Å²) in [5.74, 6) is -0.761. The van der Waals surface area contributed by atoms with Gasteiger partial charge in [0.05, 0.1) is 38.3 Å². The summed E-state index contributed by atoms with van der Waals surface area (Å²) < 4.78 is 37.5. The number of rotatable bonds is 10. The van der Waals surface area contributed by atoms with Crippen LogP contribution in [0.2, 0.25) is 38.3 Å². The Hall–Kier alpha value is -3.06. The van der Waals surface area contributed by atoms with E-state index in [-0.39, 0.29) is 188 Å². The van der Waals surface area contributed by atoms with Gasteiger partial charge in [0, 0.05) is 25.8 Å². The number of hydrogen-bond acceptors (Lipinski definition) is 12. The maximum Gasteiger partial charge on any atom is 0.305 e. The average molecular weight is 1520 g/mol. The first kappa shape index (κ1) is 163. The van der Waals surface area contributed by atoms with Gasteiger partial charge in [0.1, 0.15) is 16.1 Å². The second-order valence-corrected chi connectivity index (χ2v) is 36.8. The third-order valence-electron chi connectivity index (χ3n) is 10.8. The summed E-state index contributed by atoms with van der Waals surface area (Å²) in [6.07, 6.45) is 2.45. The van der Waals surface area contributed by atoms with Gasteiger partial charge in [-0.15, -0.1) is 0 Å². The summed E-state index contributed by atoms with van der Waals surface area (Å²) in [6, 6.07) is 20.9. The number of Topliss-reactive ketones (excluding diaryl/α,β-unsaturated/α-hetero) is 3. The molecule has 5 rings (SSSR count). The van der Waals surface area contributed by atoms with Crippen molar-refractivity contribution in [2.45, 2.75) is 394 Å². The number of halogens is 2. The Morgan fingerprint density at radius 2 is 0.750 bits per heavy atom. The number of ether oxygens (including phenoxy) is 6. The topological polar surface area (TPSA) is 150 Å². The van der Waals surface area contributed by atoms with E-state index in [1.165, 1.54) is 50.9 Å². The first-order valence-electron chi connectivity index (χ1n) is 29.3. The molecule has 12 nitrogen and oxygen atoms in total. The molecule has 16 heteroatoms. The van der Waals surface area contributed by atoms with E-state index >= 15 is 0 Å². The average Bonchev–Trinajstić information content (AvgIpc) is 3.78. The van der Waals surface area contributed by atoms with Gasteiger partial charge in [-0.1, -0.05) is 343 Å². The zero-order chi connectivity index (χ0) is 65.5. The first-order chi connectivity index (χ1) is 37.2. The maximum absolute atomic E-state index is 11.5. The summed E-state index contributed by atoms with van der Waals surface area (Å²) in [6.45, 7) is 61.7. The van der Waals surface area contributed by atoms with Gasteiger partial charge in [-0.25, -0.2) is 0 Å². The van der Waals surface area contributed by atoms with Crippen molar-refractivity contribution in [3.05, 3.63) is 81.4 Å². The molecule has 1 spiro atoms. The predicted octanol–water partition coefficient (Wildman–Crippen LogP) is 30.4. The zero-order valence-electron chi connectivity index (χ0n) is 57.3. The molecule has 0 bridgehead atoms. The molecule has 0 N–H and O–H groups in total. The Kier molecular flexibility index (Phi) is 136. The number of benzene rings is 2. The number of esters is 2. The number of allylic oxidation sites excluding steroid dienone is 1. The minimum atomic E-state index is -1.27. The van der Waals surface area contributed by atoms with E-state index in [1.807, 2.05) is 45.9 Å². The molecule has 2 saturated heterocycles. The lowest BCUT2D eigenvalue weighted by Gasteiger charge is -2.43. The van der Waals surface area contributed by atoms with Crippen molar-refractivity contribution in [3.63, 3.8) is 0 Å². The van der Waals surface area contributed by atoms with Crippen molar-refractivity contribution in [2.24, 2.45) is 16.2 Å². The largest absolute Gasteiger partial charge is 0.456 e. The molecule has 3 aliphatic rings. The molecule has 622 valence electrons. The smallest absolute Gasteiger partial charge is 0.305 e. The van der Waals surface area contributed by atoms with Crippen LogP contribution in [-0.2, 0) is 62.5 Å². The van der Waals surface area contributed by atoms with Gasteiger partial charge in [0.2, 0.25) is 6.79 Å². The van der Waals surface area contributed by atoms with Crippen molar-refractivity contribution >= 4 is 69.1 Å². The molecular formula is C84H192Cl2O12Si2. The van der Waals surface area contributed by atoms with Crippen LogP contribution >= 0.6 is 23.2 Å². The lowest BCUT2D eigenvalue weighted by Crippen LogP contribution is -2.52. The van der Waals surface area contributed by atoms with E-state index in [2.05, 4.69) is 190 Å². The van der Waals surface area contributed by atoms with Crippen LogP contribution in [0.3, 0.4) is 0 Å². The van der Waals surface area contributed by atoms with Crippen molar-refractivity contribution in [2.75, 3.05) is 33.2 Å². The van der Waals surface area contributed by atoms with E-state index in [9.17, 15) is 24.0 Å². The fourth-order valence-electron chi connectivity index (χ4n) is 6.18. The fourth-order valence-corrected chi connectivity index (χ4v) is 13.3. The van der Waals surface area contributed by atoms with E-state index in [4.69, 9.17) is 46.3 Å². The highest BCUT2D eigenvalue weighted by molar-refractivity contribution is 6.84. The maximum atomic E-state index is 11.5. The molecule has 0 atom stereocenters. The third-order valence-corrected chi connectivity index (χ3v) is 19.4. The Bertz CT molecular complexity index is 1970. The van der Waals surface area contributed by atoms with Crippen LogP contribution in [0.25, 0.3) is 0 Å². The molecule has 2 heterocycles. The molecule has 2 aromatic rings. The standard InChI is InChI=1S/C11H20O4.C11H12O.C10H14.C8H22OSi2.C5H8O4.C5H8O2.2C5H12.C4H6Cl2.C2H6.18CH4/c1-3-9-12-5-11(6-13-9)7-14-10(4-2)15-8-11;1-11(2)7-10(12)8-5-3-4-6-9(8)11;1-10(2,3)9-7-5-4-6-8-9;1-7-10(3,4)9-11(5,6)8-2;1-4(6)8-3-9-5(2)7;1-4(6)3-5(2)7;2*1-5(2,3)4;1-3(2)4(5)6;1-2;;;;;;;;;;;;;;;;;;/h9-10H,3-8H2,1-2H3;3-6H,7H2,1-2H3;4-8H,1-3H3;7-8H2,1-6H3;3H2,1-2H3;3H2,1-2H3;2*1-4H3;1-2H3;1-2H3;18*1H4. The van der Waals surface area contributed by atoms with Crippen LogP contribution in [0.5, 0.6) is 0 Å². The molecule has 0 unspecified atom stereocenters. The van der Waals surface area contributed by atoms with Crippen molar-refractivity contribution in [1.82, 2.24) is 0 Å². The van der Waals surface area contributed by atoms with Crippen LogP contribution in [0.15, 0.2) is 64.7 Å². The molecule has 100 heavy (non-hydrogen) atoms. The van der Waals surface area contributed by atoms with Crippen LogP contribution in [-0.4, -0.2) is 91.7 Å². The quantitative estimate of drug-likeness (QED) is 0.0964. The monoisotopic (exact) mass is 1520 g/mol. The summed E-state index contributed by atoms with van der Waals surface area (Å²) in [4.78, 5) is 51.6. The van der Waals surface area contributed by atoms with E-state index in [1.54, 1.807) is 0 Å². The molecule has 0 radical (unpaired) electrons. The molecular weight excluding hydrogens is 1330 g/mol. The van der Waals surface area contributed by atoms with Gasteiger partial charge >= 0.3 is 11.9 Å². The molecule has 0 saturated carbocycles. The Morgan fingerprint density at radius 1 is 0.490 bits per heavy atom. The molecule has 2 aliphatic heterocycles. The fraction of sp³-hybridized carbons (Fsp3) is 0.774. The first-order valence-corrected chi connectivity index (χ1v) is 36.3. The molecule has 2 aromatic carbocycles. The molecule has 2 fully saturated rings. The van der Waals surface area contributed by atoms with E-state index in [0.717, 1.165) is 24.0 Å². The highest BCUT2D eigenvalue weighted by Gasteiger charge is 2.41. The van der Waals surface area contributed by atoms with Gasteiger partial charge in [-0.05, 0) is 117 Å². The van der Waals surface area contributed by atoms with Crippen LogP contribution in [0.4, 0.5) is 0 Å². The Labute approximate surface area is 646 Å². The number of carbonyl (C=O) groups excluding carboxylic acids is 5. The summed E-state index contributed by atoms with van der Waals surface area (Å²) in [5.41, 5.74) is 5.75. The van der Waals surface area contributed by atoms with Gasteiger partial charge in [-0.3, -0.25) is 24.0 Å². The van der Waals surface area contributed by atoms with Crippen molar-refractivity contribution in [3.8, 4) is 0 Å². The molecule has 0 amide bonds. The lowest BCUT2D eigenvalue weighted by atomic mass is 9.87. The summed E-state index contributed by atoms with van der Waals surface area (Å²) >= 11 is 10.5. The molecule has 0 aromatic heterocycles. The Morgan fingerprint density at radius 3 is 0.940 bits per heavy atom. The van der Waals surface area contributed by atoms with Gasteiger partial charge in [-0.2, -0.15) is 0 Å². The predicted molar refractivity (Wildman–Crippen MR) is 472 cm³/mol. The zero-order valence-corrected chi connectivity index (χ0v) is 60.8. The van der Waals surface area contributed by atoms with Crippen molar-refractivity contribution < 1.29 is 56.5 Å². The van der Waals surface area contributed by atoms with E-state index in [0.29, 0.717) is 53.6 Å². The minimum absolute atomic E-state index is 0. The number of ketones is 3. The van der Waals surface area contributed by atoms with Gasteiger partial charge in [0.15, 0.2) is 35.0 Å². The Balaban J connectivity index is -0.0000000315. The molecule has 1 aliphatic carbocycles. The second-order valence-electron chi connectivity index (χ2n) is 26.6. The van der Waals surface area contributed by atoms with Crippen LogP contribution in [0, 0.1) is 16.2 Å². The van der Waals surface area contributed by atoms with Crippen LogP contribution in [0.1, 0.15) is 354 Å². The highest BCUT2D eigenvalue weighted by Crippen LogP contribution is 2.38. The number of fused-ring (bicyclic) bond motifs is 1. The summed E-state index contributed by atoms with van der Waals surface area (Å²) in [5, 5.41) is 0. The van der Waals surface area contributed by atoms with Gasteiger partial charge in [0.25, 0.3) is 0 Å². The number of carbonyl (C=O) groups is 5. The minimum Gasteiger partial charge on any atom is -0.456 e. The normalized spacial score (nSPS) is 14.3. The third kappa shape index (κ3) is 101. The van der Waals surface area contributed by atoms with Crippen LogP contribution < -0.4 is 0 Å². The second kappa shape index (κ2) is 83.2. The SMILES string of the molecule is C.C.C.C.C.C.C.C.C.C.C.C.C.C.C.C.C.C.CC.CC(=O)CC(C)=O.CC(=O)OCOC(C)=O.CC(C)(C)C.CC(C)(C)C.CC(C)(C)c1ccccc1.CC(C)=C(Cl)Cl.CC1(C)CC(=O)c2ccccc21.CCC1OCC2(CO1)COC(CC)OC2.CC[Si](C)(C)O[Si](C)(C)CC.